The molecule has 1 aromatic heterocycles. The van der Waals surface area contributed by atoms with Crippen molar-refractivity contribution in [3.63, 3.8) is 0 Å². The molecule has 3 atom stereocenters. The predicted molar refractivity (Wildman–Crippen MR) is 96.8 cm³/mol. The van der Waals surface area contributed by atoms with Crippen molar-refractivity contribution in [1.29, 1.82) is 0 Å². The van der Waals surface area contributed by atoms with E-state index in [4.69, 9.17) is 4.74 Å². The number of hydrogen-bond acceptors (Lipinski definition) is 5. The first kappa shape index (κ1) is 19.0. The van der Waals surface area contributed by atoms with Gasteiger partial charge in [-0.3, -0.25) is 0 Å². The quantitative estimate of drug-likeness (QED) is 0.726. The predicted octanol–water partition coefficient (Wildman–Crippen LogP) is 1.54. The van der Waals surface area contributed by atoms with Gasteiger partial charge in [0.05, 0.1) is 23.9 Å². The van der Waals surface area contributed by atoms with Crippen molar-refractivity contribution in [2.24, 2.45) is 5.92 Å². The molecule has 8 heteroatoms. The molecule has 3 rings (SSSR count). The highest BCUT2D eigenvalue weighted by Crippen LogP contribution is 2.29. The Morgan fingerprint density at radius 2 is 2.23 bits per heavy atom. The maximum atomic E-state index is 12.7. The SMILES string of the molecule is CCOCc1cccc(S(=O)(=O)N[C@@H]2CC(Cn3ccnc3)C[C@H]2O)c1. The summed E-state index contributed by atoms with van der Waals surface area (Å²) in [6.07, 6.45) is 5.78. The molecule has 0 aliphatic heterocycles. The van der Waals surface area contributed by atoms with E-state index in [1.807, 2.05) is 23.8 Å². The summed E-state index contributed by atoms with van der Waals surface area (Å²) in [7, 11) is -3.69. The first-order valence-electron chi connectivity index (χ1n) is 8.80. The minimum atomic E-state index is -3.69. The van der Waals surface area contributed by atoms with Gasteiger partial charge in [-0.05, 0) is 43.4 Å². The Morgan fingerprint density at radius 1 is 1.38 bits per heavy atom. The fraction of sp³-hybridized carbons (Fsp3) is 0.500. The van der Waals surface area contributed by atoms with E-state index in [1.165, 1.54) is 0 Å². The third kappa shape index (κ3) is 4.70. The number of hydrogen-bond donors (Lipinski definition) is 2. The molecule has 1 fully saturated rings. The molecule has 2 N–H and O–H groups in total. The molecule has 26 heavy (non-hydrogen) atoms. The van der Waals surface area contributed by atoms with Crippen LogP contribution in [0.15, 0.2) is 47.9 Å². The second-order valence-electron chi connectivity index (χ2n) is 6.68. The minimum Gasteiger partial charge on any atom is -0.391 e. The van der Waals surface area contributed by atoms with E-state index in [0.717, 1.165) is 12.1 Å². The van der Waals surface area contributed by atoms with Crippen molar-refractivity contribution in [2.75, 3.05) is 6.61 Å². The topological polar surface area (TPSA) is 93.5 Å². The van der Waals surface area contributed by atoms with Crippen molar-refractivity contribution < 1.29 is 18.3 Å². The average Bonchev–Trinajstić information content (AvgIpc) is 3.23. The van der Waals surface area contributed by atoms with E-state index in [-0.39, 0.29) is 10.8 Å². The van der Waals surface area contributed by atoms with Gasteiger partial charge >= 0.3 is 0 Å². The Labute approximate surface area is 154 Å². The number of nitrogens with zero attached hydrogens (tertiary/aromatic N) is 2. The van der Waals surface area contributed by atoms with Gasteiger partial charge in [-0.2, -0.15) is 0 Å². The molecule has 0 amide bonds. The van der Waals surface area contributed by atoms with Crippen LogP contribution in [-0.4, -0.2) is 41.8 Å². The van der Waals surface area contributed by atoms with Gasteiger partial charge in [-0.1, -0.05) is 12.1 Å². The maximum absolute atomic E-state index is 12.7. The highest BCUT2D eigenvalue weighted by atomic mass is 32.2. The lowest BCUT2D eigenvalue weighted by molar-refractivity contribution is 0.134. The fourth-order valence-corrected chi connectivity index (χ4v) is 4.73. The molecule has 0 spiro atoms. The van der Waals surface area contributed by atoms with Crippen molar-refractivity contribution >= 4 is 10.0 Å². The Kier molecular flexibility index (Phi) is 6.08. The van der Waals surface area contributed by atoms with Crippen LogP contribution in [0.1, 0.15) is 25.3 Å². The normalized spacial score (nSPS) is 23.4. The zero-order chi connectivity index (χ0) is 18.6. The molecule has 2 aromatic rings. The van der Waals surface area contributed by atoms with Crippen LogP contribution in [0.5, 0.6) is 0 Å². The Morgan fingerprint density at radius 3 is 2.96 bits per heavy atom. The monoisotopic (exact) mass is 379 g/mol. The molecular weight excluding hydrogens is 354 g/mol. The van der Waals surface area contributed by atoms with Gasteiger partial charge in [-0.25, -0.2) is 18.1 Å². The zero-order valence-corrected chi connectivity index (χ0v) is 15.6. The molecule has 1 aliphatic rings. The van der Waals surface area contributed by atoms with E-state index in [0.29, 0.717) is 26.1 Å². The van der Waals surface area contributed by atoms with E-state index in [1.54, 1.807) is 30.7 Å². The van der Waals surface area contributed by atoms with E-state index < -0.39 is 22.2 Å². The van der Waals surface area contributed by atoms with Crippen LogP contribution in [0, 0.1) is 5.92 Å². The van der Waals surface area contributed by atoms with Crippen LogP contribution in [0.25, 0.3) is 0 Å². The molecule has 1 unspecified atom stereocenters. The van der Waals surface area contributed by atoms with Crippen LogP contribution in [-0.2, 0) is 27.9 Å². The lowest BCUT2D eigenvalue weighted by atomic mass is 10.1. The molecule has 0 bridgehead atoms. The number of ether oxygens (including phenoxy) is 1. The summed E-state index contributed by atoms with van der Waals surface area (Å²) in [5, 5.41) is 10.3. The fourth-order valence-electron chi connectivity index (χ4n) is 3.38. The molecule has 1 aromatic carbocycles. The van der Waals surface area contributed by atoms with Crippen molar-refractivity contribution in [1.82, 2.24) is 14.3 Å². The summed E-state index contributed by atoms with van der Waals surface area (Å²) in [5.74, 6) is 0.205. The number of nitrogens with one attached hydrogen (secondary N) is 1. The van der Waals surface area contributed by atoms with E-state index in [2.05, 4.69) is 9.71 Å². The molecule has 1 saturated carbocycles. The molecule has 1 aliphatic carbocycles. The Bertz CT molecular complexity index is 808. The van der Waals surface area contributed by atoms with E-state index >= 15 is 0 Å². The number of aliphatic hydroxyl groups is 1. The number of sulfonamides is 1. The summed E-state index contributed by atoms with van der Waals surface area (Å²) in [5.41, 5.74) is 0.805. The molecule has 1 heterocycles. The first-order chi connectivity index (χ1) is 12.5. The standard InChI is InChI=1S/C18H25N3O4S/c1-2-25-12-14-4-3-5-16(8-14)26(23,24)20-17-9-15(10-18(17)22)11-21-7-6-19-13-21/h3-8,13,15,17-18,20,22H,2,9-12H2,1H3/t15?,17-,18-/m1/s1. The zero-order valence-electron chi connectivity index (χ0n) is 14.8. The van der Waals surface area contributed by atoms with Crippen molar-refractivity contribution in [2.45, 2.75) is 50.0 Å². The molecule has 7 nitrogen and oxygen atoms in total. The van der Waals surface area contributed by atoms with Crippen LogP contribution in [0.3, 0.4) is 0 Å². The second kappa shape index (κ2) is 8.30. The molecule has 0 radical (unpaired) electrons. The largest absolute Gasteiger partial charge is 0.391 e. The third-order valence-corrected chi connectivity index (χ3v) is 6.13. The van der Waals surface area contributed by atoms with Crippen LogP contribution >= 0.6 is 0 Å². The number of imidazole rings is 1. The highest BCUT2D eigenvalue weighted by Gasteiger charge is 2.35. The number of benzene rings is 1. The summed E-state index contributed by atoms with van der Waals surface area (Å²) in [6, 6.07) is 6.23. The van der Waals surface area contributed by atoms with Crippen LogP contribution in [0.2, 0.25) is 0 Å². The highest BCUT2D eigenvalue weighted by molar-refractivity contribution is 7.89. The third-order valence-electron chi connectivity index (χ3n) is 4.64. The summed E-state index contributed by atoms with van der Waals surface area (Å²) < 4.78 is 35.4. The van der Waals surface area contributed by atoms with Gasteiger partial charge in [0.25, 0.3) is 0 Å². The lowest BCUT2D eigenvalue weighted by Crippen LogP contribution is -2.39. The smallest absolute Gasteiger partial charge is 0.240 e. The summed E-state index contributed by atoms with van der Waals surface area (Å²) >= 11 is 0. The van der Waals surface area contributed by atoms with E-state index in [9.17, 15) is 13.5 Å². The van der Waals surface area contributed by atoms with Crippen LogP contribution < -0.4 is 4.72 Å². The van der Waals surface area contributed by atoms with Crippen molar-refractivity contribution in [3.05, 3.63) is 48.5 Å². The molecule has 142 valence electrons. The van der Waals surface area contributed by atoms with Gasteiger partial charge in [0, 0.05) is 31.6 Å². The number of aliphatic hydroxyl groups excluding tert-OH is 1. The van der Waals surface area contributed by atoms with Gasteiger partial charge in [0.1, 0.15) is 0 Å². The molecular formula is C18H25N3O4S. The minimum absolute atomic E-state index is 0.194. The first-order valence-corrected chi connectivity index (χ1v) is 10.3. The summed E-state index contributed by atoms with van der Waals surface area (Å²) in [4.78, 5) is 4.20. The van der Waals surface area contributed by atoms with Gasteiger partial charge in [-0.15, -0.1) is 0 Å². The summed E-state index contributed by atoms with van der Waals surface area (Å²) in [6.45, 7) is 3.56. The maximum Gasteiger partial charge on any atom is 0.240 e. The Hall–Kier alpha value is -1.74. The van der Waals surface area contributed by atoms with Crippen LogP contribution in [0.4, 0.5) is 0 Å². The number of aromatic nitrogens is 2. The lowest BCUT2D eigenvalue weighted by Gasteiger charge is -2.17. The van der Waals surface area contributed by atoms with Gasteiger partial charge in [0.15, 0.2) is 0 Å². The second-order valence-corrected chi connectivity index (χ2v) is 8.39. The van der Waals surface area contributed by atoms with Crippen molar-refractivity contribution in [3.8, 4) is 0 Å². The average molecular weight is 379 g/mol. The van der Waals surface area contributed by atoms with Gasteiger partial charge in [0.2, 0.25) is 10.0 Å². The Balaban J connectivity index is 1.65. The van der Waals surface area contributed by atoms with Gasteiger partial charge < -0.3 is 14.4 Å². The molecule has 0 saturated heterocycles. The number of rotatable bonds is 8.